The third-order valence-corrected chi connectivity index (χ3v) is 1.83. The quantitative estimate of drug-likeness (QED) is 0.595. The lowest BCUT2D eigenvalue weighted by Crippen LogP contribution is -1.79. The molecular formula is C6H5BrClN. The summed E-state index contributed by atoms with van der Waals surface area (Å²) in [5, 5.41) is 0.560. The molecule has 0 radical (unpaired) electrons. The number of aryl methyl sites for hydroxylation is 1. The molecule has 0 spiro atoms. The molecule has 1 heterocycles. The number of hydrogen-bond donors (Lipinski definition) is 0. The first-order chi connectivity index (χ1) is 4.20. The van der Waals surface area contributed by atoms with Crippen molar-refractivity contribution in [1.82, 2.24) is 4.98 Å². The van der Waals surface area contributed by atoms with Gasteiger partial charge in [0, 0.05) is 0 Å². The Bertz CT molecular complexity index is 224. The Labute approximate surface area is 67.2 Å². The SMILES string of the molecule is Cc1ccc(Br)nc1Cl. The van der Waals surface area contributed by atoms with Crippen molar-refractivity contribution >= 4 is 27.5 Å². The van der Waals surface area contributed by atoms with E-state index in [-0.39, 0.29) is 0 Å². The van der Waals surface area contributed by atoms with E-state index in [0.29, 0.717) is 5.15 Å². The molecule has 1 rings (SSSR count). The summed E-state index contributed by atoms with van der Waals surface area (Å²) < 4.78 is 0.776. The van der Waals surface area contributed by atoms with Gasteiger partial charge in [0.2, 0.25) is 0 Å². The minimum absolute atomic E-state index is 0.560. The van der Waals surface area contributed by atoms with Crippen molar-refractivity contribution in [2.75, 3.05) is 0 Å². The summed E-state index contributed by atoms with van der Waals surface area (Å²) in [6.07, 6.45) is 0. The number of aromatic nitrogens is 1. The maximum Gasteiger partial charge on any atom is 0.133 e. The Morgan fingerprint density at radius 2 is 2.22 bits per heavy atom. The smallest absolute Gasteiger partial charge is 0.133 e. The van der Waals surface area contributed by atoms with Crippen molar-refractivity contribution in [3.05, 3.63) is 27.5 Å². The lowest BCUT2D eigenvalue weighted by molar-refractivity contribution is 1.23. The third-order valence-electron chi connectivity index (χ3n) is 1.00. The number of hydrogen-bond acceptors (Lipinski definition) is 1. The normalized spacial score (nSPS) is 9.67. The number of rotatable bonds is 0. The van der Waals surface area contributed by atoms with Crippen LogP contribution in [0.25, 0.3) is 0 Å². The summed E-state index contributed by atoms with van der Waals surface area (Å²) in [6.45, 7) is 1.92. The molecule has 0 saturated heterocycles. The van der Waals surface area contributed by atoms with Gasteiger partial charge in [-0.3, -0.25) is 0 Å². The van der Waals surface area contributed by atoms with Gasteiger partial charge < -0.3 is 0 Å². The van der Waals surface area contributed by atoms with Gasteiger partial charge in [-0.25, -0.2) is 4.98 Å². The summed E-state index contributed by atoms with van der Waals surface area (Å²) in [6, 6.07) is 3.78. The van der Waals surface area contributed by atoms with Gasteiger partial charge in [0.25, 0.3) is 0 Å². The average Bonchev–Trinajstić information content (AvgIpc) is 1.80. The van der Waals surface area contributed by atoms with Crippen LogP contribution in [0, 0.1) is 6.92 Å². The minimum atomic E-state index is 0.560. The molecule has 0 aromatic carbocycles. The second-order valence-corrected chi connectivity index (χ2v) is 2.91. The number of pyridine rings is 1. The van der Waals surface area contributed by atoms with Crippen LogP contribution in [0.15, 0.2) is 16.7 Å². The first kappa shape index (κ1) is 7.03. The highest BCUT2D eigenvalue weighted by atomic mass is 79.9. The largest absolute Gasteiger partial charge is 0.229 e. The molecular weight excluding hydrogens is 201 g/mol. The maximum absolute atomic E-state index is 5.67. The van der Waals surface area contributed by atoms with E-state index in [9.17, 15) is 0 Å². The molecule has 0 amide bonds. The van der Waals surface area contributed by atoms with Gasteiger partial charge in [0.15, 0.2) is 0 Å². The molecule has 0 atom stereocenters. The average molecular weight is 206 g/mol. The lowest BCUT2D eigenvalue weighted by Gasteiger charge is -1.94. The second-order valence-electron chi connectivity index (χ2n) is 1.74. The summed E-state index contributed by atoms with van der Waals surface area (Å²) >= 11 is 8.87. The lowest BCUT2D eigenvalue weighted by atomic mass is 10.3. The Morgan fingerprint density at radius 1 is 1.56 bits per heavy atom. The van der Waals surface area contributed by atoms with E-state index in [4.69, 9.17) is 11.6 Å². The van der Waals surface area contributed by atoms with Crippen LogP contribution in [0.1, 0.15) is 5.56 Å². The third kappa shape index (κ3) is 1.66. The summed E-state index contributed by atoms with van der Waals surface area (Å²) in [5.41, 5.74) is 1.000. The van der Waals surface area contributed by atoms with E-state index in [1.54, 1.807) is 0 Å². The van der Waals surface area contributed by atoms with Crippen LogP contribution in [0.2, 0.25) is 5.15 Å². The molecule has 0 bridgehead atoms. The van der Waals surface area contributed by atoms with Gasteiger partial charge in [-0.2, -0.15) is 0 Å². The maximum atomic E-state index is 5.67. The highest BCUT2D eigenvalue weighted by Crippen LogP contribution is 2.14. The van der Waals surface area contributed by atoms with Gasteiger partial charge in [0.1, 0.15) is 9.76 Å². The van der Waals surface area contributed by atoms with E-state index in [0.717, 1.165) is 10.2 Å². The van der Waals surface area contributed by atoms with Gasteiger partial charge in [-0.05, 0) is 34.5 Å². The molecule has 3 heteroatoms. The molecule has 0 saturated carbocycles. The van der Waals surface area contributed by atoms with Crippen LogP contribution >= 0.6 is 27.5 Å². The molecule has 0 unspecified atom stereocenters. The Hall–Kier alpha value is -0.0800. The summed E-state index contributed by atoms with van der Waals surface area (Å²) in [7, 11) is 0. The highest BCUT2D eigenvalue weighted by molar-refractivity contribution is 9.10. The standard InChI is InChI=1S/C6H5BrClN/c1-4-2-3-5(7)9-6(4)8/h2-3H,1H3. The molecule has 48 valence electrons. The molecule has 0 N–H and O–H groups in total. The first-order valence-corrected chi connectivity index (χ1v) is 3.66. The Morgan fingerprint density at radius 3 is 2.67 bits per heavy atom. The van der Waals surface area contributed by atoms with Crippen molar-refractivity contribution < 1.29 is 0 Å². The predicted molar refractivity (Wildman–Crippen MR) is 41.7 cm³/mol. The zero-order valence-electron chi connectivity index (χ0n) is 4.86. The van der Waals surface area contributed by atoms with Crippen molar-refractivity contribution in [3.63, 3.8) is 0 Å². The number of nitrogens with zero attached hydrogens (tertiary/aromatic N) is 1. The van der Waals surface area contributed by atoms with Crippen LogP contribution in [0.3, 0.4) is 0 Å². The Balaban J connectivity index is 3.17. The van der Waals surface area contributed by atoms with E-state index < -0.39 is 0 Å². The molecule has 1 aromatic rings. The van der Waals surface area contributed by atoms with Crippen molar-refractivity contribution in [1.29, 1.82) is 0 Å². The van der Waals surface area contributed by atoms with Crippen molar-refractivity contribution in [2.45, 2.75) is 6.92 Å². The van der Waals surface area contributed by atoms with Gasteiger partial charge >= 0.3 is 0 Å². The van der Waals surface area contributed by atoms with Gasteiger partial charge in [-0.1, -0.05) is 17.7 Å². The molecule has 0 aliphatic rings. The van der Waals surface area contributed by atoms with Crippen molar-refractivity contribution in [2.24, 2.45) is 0 Å². The number of halogens is 2. The highest BCUT2D eigenvalue weighted by Gasteiger charge is 1.94. The second kappa shape index (κ2) is 2.67. The summed E-state index contributed by atoms with van der Waals surface area (Å²) in [5.74, 6) is 0. The van der Waals surface area contributed by atoms with Crippen LogP contribution in [-0.2, 0) is 0 Å². The van der Waals surface area contributed by atoms with E-state index in [1.165, 1.54) is 0 Å². The molecule has 0 aliphatic carbocycles. The van der Waals surface area contributed by atoms with E-state index >= 15 is 0 Å². The fraction of sp³-hybridized carbons (Fsp3) is 0.167. The molecule has 1 aromatic heterocycles. The fourth-order valence-corrected chi connectivity index (χ4v) is 1.05. The van der Waals surface area contributed by atoms with Crippen LogP contribution < -0.4 is 0 Å². The van der Waals surface area contributed by atoms with Gasteiger partial charge in [-0.15, -0.1) is 0 Å². The fourth-order valence-electron chi connectivity index (χ4n) is 0.482. The van der Waals surface area contributed by atoms with E-state index in [1.807, 2.05) is 19.1 Å². The molecule has 0 fully saturated rings. The van der Waals surface area contributed by atoms with Crippen LogP contribution in [0.4, 0.5) is 0 Å². The zero-order valence-corrected chi connectivity index (χ0v) is 7.20. The molecule has 0 aliphatic heterocycles. The molecule has 1 nitrogen and oxygen atoms in total. The van der Waals surface area contributed by atoms with Crippen molar-refractivity contribution in [3.8, 4) is 0 Å². The predicted octanol–water partition coefficient (Wildman–Crippen LogP) is 2.81. The first-order valence-electron chi connectivity index (χ1n) is 2.49. The molecule has 9 heavy (non-hydrogen) atoms. The minimum Gasteiger partial charge on any atom is -0.229 e. The monoisotopic (exact) mass is 205 g/mol. The van der Waals surface area contributed by atoms with Crippen LogP contribution in [0.5, 0.6) is 0 Å². The topological polar surface area (TPSA) is 12.9 Å². The summed E-state index contributed by atoms with van der Waals surface area (Å²) in [4.78, 5) is 3.96. The van der Waals surface area contributed by atoms with E-state index in [2.05, 4.69) is 20.9 Å². The van der Waals surface area contributed by atoms with Gasteiger partial charge in [0.05, 0.1) is 0 Å². The van der Waals surface area contributed by atoms with Crippen LogP contribution in [-0.4, -0.2) is 4.98 Å². The zero-order chi connectivity index (χ0) is 6.85. The Kier molecular flexibility index (Phi) is 2.09.